The van der Waals surface area contributed by atoms with Crippen molar-refractivity contribution in [2.24, 2.45) is 11.8 Å². The Morgan fingerprint density at radius 1 is 1.00 bits per heavy atom. The molecule has 9 heavy (non-hydrogen) atoms. The minimum Gasteiger partial charge on any atom is -0.0651 e. The van der Waals surface area contributed by atoms with Crippen molar-refractivity contribution in [3.8, 4) is 0 Å². The average molecular weight is 126 g/mol. The molecule has 0 saturated heterocycles. The van der Waals surface area contributed by atoms with Crippen LogP contribution in [0.25, 0.3) is 0 Å². The van der Waals surface area contributed by atoms with Gasteiger partial charge in [-0.15, -0.1) is 0 Å². The van der Waals surface area contributed by atoms with Crippen molar-refractivity contribution in [3.05, 3.63) is 6.42 Å². The normalized spacial score (nSPS) is 17.3. The zero-order valence-electron chi connectivity index (χ0n) is 7.07. The standard InChI is InChI=1S/C9H18/c1-5-8(3)7-9(4)6-2/h8-9H,5-6H2,1-4H3. The predicted octanol–water partition coefficient (Wildman–Crippen LogP) is 3.16. The summed E-state index contributed by atoms with van der Waals surface area (Å²) in [6.07, 6.45) is 5.93. The van der Waals surface area contributed by atoms with E-state index >= 15 is 0 Å². The van der Waals surface area contributed by atoms with E-state index in [9.17, 15) is 0 Å². The van der Waals surface area contributed by atoms with Gasteiger partial charge in [0.2, 0.25) is 0 Å². The summed E-state index contributed by atoms with van der Waals surface area (Å²) in [5.41, 5.74) is 0. The lowest BCUT2D eigenvalue weighted by Crippen LogP contribution is -2.01. The van der Waals surface area contributed by atoms with E-state index in [1.54, 1.807) is 0 Å². The minimum atomic E-state index is 0.681. The highest BCUT2D eigenvalue weighted by Gasteiger charge is 2.04. The van der Waals surface area contributed by atoms with Gasteiger partial charge in [-0.2, -0.15) is 0 Å². The van der Waals surface area contributed by atoms with Crippen LogP contribution < -0.4 is 0 Å². The quantitative estimate of drug-likeness (QED) is 0.542. The van der Waals surface area contributed by atoms with E-state index in [1.165, 1.54) is 12.8 Å². The summed E-state index contributed by atoms with van der Waals surface area (Å²) in [6, 6.07) is 0. The van der Waals surface area contributed by atoms with Gasteiger partial charge in [0, 0.05) is 0 Å². The first-order valence-corrected chi connectivity index (χ1v) is 3.96. The summed E-state index contributed by atoms with van der Waals surface area (Å²) in [6.45, 7) is 8.87. The van der Waals surface area contributed by atoms with Crippen molar-refractivity contribution in [3.63, 3.8) is 0 Å². The van der Waals surface area contributed by atoms with Gasteiger partial charge in [0.1, 0.15) is 0 Å². The number of hydrogen-bond donors (Lipinski definition) is 0. The topological polar surface area (TPSA) is 0 Å². The maximum absolute atomic E-state index is 3.48. The zero-order chi connectivity index (χ0) is 7.28. The Morgan fingerprint density at radius 3 is 1.56 bits per heavy atom. The van der Waals surface area contributed by atoms with Crippen LogP contribution in [0.1, 0.15) is 40.5 Å². The third kappa shape index (κ3) is 4.50. The molecule has 0 nitrogen and oxygen atoms in total. The van der Waals surface area contributed by atoms with E-state index in [4.69, 9.17) is 0 Å². The summed E-state index contributed by atoms with van der Waals surface area (Å²) in [5, 5.41) is 0. The van der Waals surface area contributed by atoms with Gasteiger partial charge in [-0.3, -0.25) is 0 Å². The molecule has 0 saturated carbocycles. The average Bonchev–Trinajstić information content (AvgIpc) is 1.87. The highest BCUT2D eigenvalue weighted by molar-refractivity contribution is 4.76. The Bertz CT molecular complexity index is 49.1. The maximum atomic E-state index is 3.48. The van der Waals surface area contributed by atoms with Gasteiger partial charge in [-0.1, -0.05) is 40.5 Å². The van der Waals surface area contributed by atoms with Crippen molar-refractivity contribution >= 4 is 0 Å². The van der Waals surface area contributed by atoms with Crippen molar-refractivity contribution in [1.82, 2.24) is 0 Å². The third-order valence-electron chi connectivity index (χ3n) is 1.79. The van der Waals surface area contributed by atoms with Gasteiger partial charge in [-0.25, -0.2) is 0 Å². The van der Waals surface area contributed by atoms with E-state index in [1.807, 2.05) is 0 Å². The second kappa shape index (κ2) is 4.84. The zero-order valence-corrected chi connectivity index (χ0v) is 7.07. The predicted molar refractivity (Wildman–Crippen MR) is 42.2 cm³/mol. The van der Waals surface area contributed by atoms with Gasteiger partial charge in [-0.05, 0) is 18.3 Å². The molecule has 2 atom stereocenters. The molecule has 0 heteroatoms. The van der Waals surface area contributed by atoms with Crippen LogP contribution in [-0.4, -0.2) is 0 Å². The molecule has 2 unspecified atom stereocenters. The van der Waals surface area contributed by atoms with Gasteiger partial charge in [0.25, 0.3) is 0 Å². The molecule has 54 valence electrons. The van der Waals surface area contributed by atoms with Crippen LogP contribution in [0.2, 0.25) is 0 Å². The lowest BCUT2D eigenvalue weighted by Gasteiger charge is -2.11. The van der Waals surface area contributed by atoms with Crippen LogP contribution in [0.15, 0.2) is 0 Å². The summed E-state index contributed by atoms with van der Waals surface area (Å²) >= 11 is 0. The molecule has 0 heterocycles. The number of rotatable bonds is 4. The molecule has 0 fully saturated rings. The molecule has 0 aromatic carbocycles. The molecule has 0 aromatic rings. The highest BCUT2D eigenvalue weighted by Crippen LogP contribution is 2.15. The van der Waals surface area contributed by atoms with Gasteiger partial charge < -0.3 is 0 Å². The fourth-order valence-corrected chi connectivity index (χ4v) is 0.721. The van der Waals surface area contributed by atoms with Gasteiger partial charge >= 0.3 is 0 Å². The molecule has 0 aliphatic rings. The molecule has 0 amide bonds. The van der Waals surface area contributed by atoms with E-state index in [2.05, 4.69) is 34.1 Å². The molecular formula is C9H18. The molecule has 0 bridgehead atoms. The van der Waals surface area contributed by atoms with Gasteiger partial charge in [0.15, 0.2) is 0 Å². The molecule has 0 spiro atoms. The SMILES string of the molecule is CCC(C)[C]C(C)CC. The van der Waals surface area contributed by atoms with E-state index in [0.29, 0.717) is 11.8 Å². The first kappa shape index (κ1) is 9.00. The Hall–Kier alpha value is 0. The van der Waals surface area contributed by atoms with Crippen molar-refractivity contribution < 1.29 is 0 Å². The monoisotopic (exact) mass is 126 g/mol. The van der Waals surface area contributed by atoms with Crippen LogP contribution in [0.4, 0.5) is 0 Å². The van der Waals surface area contributed by atoms with E-state index < -0.39 is 0 Å². The van der Waals surface area contributed by atoms with E-state index in [0.717, 1.165) is 0 Å². The third-order valence-corrected chi connectivity index (χ3v) is 1.79. The first-order valence-electron chi connectivity index (χ1n) is 3.96. The Labute approximate surface area is 59.7 Å². The Morgan fingerprint density at radius 2 is 1.33 bits per heavy atom. The van der Waals surface area contributed by atoms with Crippen LogP contribution in [0.5, 0.6) is 0 Å². The maximum Gasteiger partial charge on any atom is -0.0112 e. The largest absolute Gasteiger partial charge is 0.0651 e. The fraction of sp³-hybridized carbons (Fsp3) is 0.889. The Kier molecular flexibility index (Phi) is 4.84. The molecule has 0 aromatic heterocycles. The lowest BCUT2D eigenvalue weighted by molar-refractivity contribution is 0.520. The van der Waals surface area contributed by atoms with Crippen molar-refractivity contribution in [2.45, 2.75) is 40.5 Å². The lowest BCUT2D eigenvalue weighted by atomic mass is 9.94. The van der Waals surface area contributed by atoms with E-state index in [-0.39, 0.29) is 0 Å². The Balaban J connectivity index is 3.22. The van der Waals surface area contributed by atoms with Gasteiger partial charge in [0.05, 0.1) is 0 Å². The van der Waals surface area contributed by atoms with Crippen molar-refractivity contribution in [2.75, 3.05) is 0 Å². The van der Waals surface area contributed by atoms with Crippen LogP contribution in [0, 0.1) is 18.3 Å². The van der Waals surface area contributed by atoms with Crippen LogP contribution >= 0.6 is 0 Å². The summed E-state index contributed by atoms with van der Waals surface area (Å²) in [5.74, 6) is 1.36. The first-order chi connectivity index (χ1) is 4.20. The minimum absolute atomic E-state index is 0.681. The van der Waals surface area contributed by atoms with Crippen molar-refractivity contribution in [1.29, 1.82) is 0 Å². The molecule has 0 N–H and O–H groups in total. The van der Waals surface area contributed by atoms with Crippen LogP contribution in [-0.2, 0) is 0 Å². The second-order valence-electron chi connectivity index (χ2n) is 2.79. The smallest absolute Gasteiger partial charge is 0.0112 e. The molecule has 2 radical (unpaired) electrons. The summed E-state index contributed by atoms with van der Waals surface area (Å²) < 4.78 is 0. The second-order valence-corrected chi connectivity index (χ2v) is 2.79. The molecule has 0 aliphatic heterocycles. The summed E-state index contributed by atoms with van der Waals surface area (Å²) in [4.78, 5) is 0. The highest BCUT2D eigenvalue weighted by atomic mass is 14.1. The van der Waals surface area contributed by atoms with Crippen LogP contribution in [0.3, 0.4) is 0 Å². The molecular weight excluding hydrogens is 108 g/mol. The fourth-order valence-electron chi connectivity index (χ4n) is 0.721. The number of hydrogen-bond acceptors (Lipinski definition) is 0. The molecule has 0 rings (SSSR count). The molecule has 0 aliphatic carbocycles. The summed E-state index contributed by atoms with van der Waals surface area (Å²) in [7, 11) is 0.